The van der Waals surface area contributed by atoms with Gasteiger partial charge in [-0.3, -0.25) is 14.5 Å². The molecule has 1 saturated heterocycles. The van der Waals surface area contributed by atoms with Crippen LogP contribution in [-0.4, -0.2) is 45.9 Å². The summed E-state index contributed by atoms with van der Waals surface area (Å²) in [5, 5.41) is 8.07. The van der Waals surface area contributed by atoms with E-state index in [0.717, 1.165) is 32.5 Å². The maximum atomic E-state index is 12.6. The van der Waals surface area contributed by atoms with Gasteiger partial charge in [-0.15, -0.1) is 11.3 Å². The Balaban J connectivity index is 1.19. The molecule has 8 heteroatoms. The number of carbonyl (C=O) groups excluding carboxylic acids is 2. The summed E-state index contributed by atoms with van der Waals surface area (Å²) >= 11 is 1.81. The monoisotopic (exact) mass is 451 g/mol. The average molecular weight is 452 g/mol. The molecule has 4 rings (SSSR count). The lowest BCUT2D eigenvalue weighted by atomic mass is 9.96. The van der Waals surface area contributed by atoms with E-state index in [1.807, 2.05) is 22.1 Å². The Morgan fingerprint density at radius 3 is 2.78 bits per heavy atom. The molecular formula is C24H29N5O2S. The third-order valence-corrected chi connectivity index (χ3v) is 6.64. The van der Waals surface area contributed by atoms with E-state index in [-0.39, 0.29) is 11.8 Å². The van der Waals surface area contributed by atoms with Crippen LogP contribution >= 0.6 is 11.3 Å². The summed E-state index contributed by atoms with van der Waals surface area (Å²) in [5.74, 6) is 0.315. The topological polar surface area (TPSA) is 79.3 Å². The van der Waals surface area contributed by atoms with E-state index in [1.165, 1.54) is 4.88 Å². The largest absolute Gasteiger partial charge is 0.352 e. The van der Waals surface area contributed by atoms with E-state index in [0.29, 0.717) is 36.7 Å². The molecule has 3 heterocycles. The SMILES string of the molecule is O=C(CCn1ccnc1)Nc1cccc(C(=O)NCC2CCN(Cc3cccs3)CC2)c1. The predicted octanol–water partition coefficient (Wildman–Crippen LogP) is 3.62. The number of imidazole rings is 1. The lowest BCUT2D eigenvalue weighted by molar-refractivity contribution is -0.116. The van der Waals surface area contributed by atoms with E-state index in [2.05, 4.69) is 38.0 Å². The molecule has 1 fully saturated rings. The molecule has 0 unspecified atom stereocenters. The van der Waals surface area contributed by atoms with E-state index in [4.69, 9.17) is 0 Å². The highest BCUT2D eigenvalue weighted by Gasteiger charge is 2.20. The highest BCUT2D eigenvalue weighted by Crippen LogP contribution is 2.20. The zero-order chi connectivity index (χ0) is 22.2. The Kier molecular flexibility index (Phi) is 7.68. The van der Waals surface area contributed by atoms with Crippen molar-refractivity contribution in [2.45, 2.75) is 32.4 Å². The van der Waals surface area contributed by atoms with Crippen LogP contribution in [0.4, 0.5) is 5.69 Å². The van der Waals surface area contributed by atoms with Gasteiger partial charge in [0.25, 0.3) is 5.91 Å². The van der Waals surface area contributed by atoms with Crippen molar-refractivity contribution in [3.63, 3.8) is 0 Å². The van der Waals surface area contributed by atoms with Gasteiger partial charge in [-0.25, -0.2) is 4.98 Å². The van der Waals surface area contributed by atoms with Gasteiger partial charge in [0.2, 0.25) is 5.91 Å². The molecule has 1 aliphatic heterocycles. The predicted molar refractivity (Wildman–Crippen MR) is 127 cm³/mol. The number of rotatable bonds is 9. The molecule has 0 radical (unpaired) electrons. The molecule has 0 aliphatic carbocycles. The number of hydrogen-bond acceptors (Lipinski definition) is 5. The van der Waals surface area contributed by atoms with Crippen LogP contribution in [0, 0.1) is 5.92 Å². The van der Waals surface area contributed by atoms with Gasteiger partial charge in [0.15, 0.2) is 0 Å². The number of hydrogen-bond donors (Lipinski definition) is 2. The van der Waals surface area contributed by atoms with Crippen molar-refractivity contribution in [1.29, 1.82) is 0 Å². The molecule has 0 spiro atoms. The zero-order valence-corrected chi connectivity index (χ0v) is 18.9. The van der Waals surface area contributed by atoms with Gasteiger partial charge < -0.3 is 15.2 Å². The normalized spacial score (nSPS) is 14.9. The van der Waals surface area contributed by atoms with Crippen LogP contribution in [0.15, 0.2) is 60.5 Å². The second kappa shape index (κ2) is 11.1. The Labute approximate surface area is 192 Å². The van der Waals surface area contributed by atoms with Crippen LogP contribution in [0.3, 0.4) is 0 Å². The van der Waals surface area contributed by atoms with Gasteiger partial charge in [0.05, 0.1) is 6.33 Å². The van der Waals surface area contributed by atoms with Crippen LogP contribution < -0.4 is 10.6 Å². The van der Waals surface area contributed by atoms with Gasteiger partial charge in [-0.05, 0) is 61.5 Å². The number of aromatic nitrogens is 2. The molecule has 7 nitrogen and oxygen atoms in total. The van der Waals surface area contributed by atoms with E-state index >= 15 is 0 Å². The number of piperidine rings is 1. The second-order valence-electron chi connectivity index (χ2n) is 8.19. The summed E-state index contributed by atoms with van der Waals surface area (Å²) in [6, 6.07) is 11.4. The Morgan fingerprint density at radius 2 is 2.03 bits per heavy atom. The molecular weight excluding hydrogens is 422 g/mol. The lowest BCUT2D eigenvalue weighted by Gasteiger charge is -2.31. The summed E-state index contributed by atoms with van der Waals surface area (Å²) in [6.45, 7) is 4.42. The Hall–Kier alpha value is -2.97. The van der Waals surface area contributed by atoms with Gasteiger partial charge in [-0.1, -0.05) is 12.1 Å². The van der Waals surface area contributed by atoms with Gasteiger partial charge in [-0.2, -0.15) is 0 Å². The third kappa shape index (κ3) is 6.51. The summed E-state index contributed by atoms with van der Waals surface area (Å²) in [5.41, 5.74) is 1.20. The number of nitrogens with one attached hydrogen (secondary N) is 2. The fraction of sp³-hybridized carbons (Fsp3) is 0.375. The average Bonchev–Trinajstić information content (AvgIpc) is 3.52. The molecule has 0 atom stereocenters. The first-order valence-electron chi connectivity index (χ1n) is 11.0. The first-order chi connectivity index (χ1) is 15.7. The zero-order valence-electron chi connectivity index (χ0n) is 18.1. The first-order valence-corrected chi connectivity index (χ1v) is 11.9. The van der Waals surface area contributed by atoms with Crippen molar-refractivity contribution in [1.82, 2.24) is 19.8 Å². The number of thiophene rings is 1. The molecule has 168 valence electrons. The summed E-state index contributed by atoms with van der Waals surface area (Å²) in [4.78, 5) is 32.7. The highest BCUT2D eigenvalue weighted by molar-refractivity contribution is 7.09. The van der Waals surface area contributed by atoms with Crippen LogP contribution in [0.25, 0.3) is 0 Å². The molecule has 3 aromatic rings. The number of aryl methyl sites for hydroxylation is 1. The Morgan fingerprint density at radius 1 is 1.16 bits per heavy atom. The van der Waals surface area contributed by atoms with Gasteiger partial charge >= 0.3 is 0 Å². The van der Waals surface area contributed by atoms with Crippen molar-refractivity contribution in [2.24, 2.45) is 5.92 Å². The standard InChI is InChI=1S/C24H29N5O2S/c30-23(8-12-29-13-9-25-18-29)27-21-4-1-3-20(15-21)24(31)26-16-19-6-10-28(11-7-19)17-22-5-2-14-32-22/h1-5,9,13-15,18-19H,6-8,10-12,16-17H2,(H,26,31)(H,27,30). The Bertz CT molecular complexity index is 995. The number of benzene rings is 1. The highest BCUT2D eigenvalue weighted by atomic mass is 32.1. The number of likely N-dealkylation sites (tertiary alicyclic amines) is 1. The van der Waals surface area contributed by atoms with Crippen molar-refractivity contribution in [3.8, 4) is 0 Å². The quantitative estimate of drug-likeness (QED) is 0.521. The fourth-order valence-corrected chi connectivity index (χ4v) is 4.67. The van der Waals surface area contributed by atoms with E-state index in [1.54, 1.807) is 36.8 Å². The molecule has 0 saturated carbocycles. The summed E-state index contributed by atoms with van der Waals surface area (Å²) < 4.78 is 1.86. The van der Waals surface area contributed by atoms with Crippen LogP contribution in [-0.2, 0) is 17.9 Å². The molecule has 1 aromatic carbocycles. The van der Waals surface area contributed by atoms with E-state index < -0.39 is 0 Å². The number of nitrogens with zero attached hydrogens (tertiary/aromatic N) is 3. The minimum atomic E-state index is -0.0967. The maximum Gasteiger partial charge on any atom is 0.251 e. The molecule has 32 heavy (non-hydrogen) atoms. The maximum absolute atomic E-state index is 12.6. The van der Waals surface area contributed by atoms with E-state index in [9.17, 15) is 9.59 Å². The van der Waals surface area contributed by atoms with Gasteiger partial charge in [0, 0.05) is 54.6 Å². The van der Waals surface area contributed by atoms with Crippen molar-refractivity contribution in [3.05, 3.63) is 70.9 Å². The van der Waals surface area contributed by atoms with Crippen molar-refractivity contribution >= 4 is 28.8 Å². The van der Waals surface area contributed by atoms with Crippen LogP contribution in [0.5, 0.6) is 0 Å². The minimum absolute atomic E-state index is 0.0921. The summed E-state index contributed by atoms with van der Waals surface area (Å²) in [6.07, 6.45) is 7.74. The second-order valence-corrected chi connectivity index (χ2v) is 9.22. The molecule has 1 aliphatic rings. The number of amides is 2. The molecule has 2 aromatic heterocycles. The molecule has 2 N–H and O–H groups in total. The van der Waals surface area contributed by atoms with Crippen LogP contribution in [0.1, 0.15) is 34.5 Å². The minimum Gasteiger partial charge on any atom is -0.352 e. The lowest BCUT2D eigenvalue weighted by Crippen LogP contribution is -2.38. The fourth-order valence-electron chi connectivity index (χ4n) is 3.92. The van der Waals surface area contributed by atoms with Gasteiger partial charge in [0.1, 0.15) is 0 Å². The number of anilines is 1. The third-order valence-electron chi connectivity index (χ3n) is 5.78. The molecule has 0 bridgehead atoms. The first kappa shape index (κ1) is 22.2. The smallest absolute Gasteiger partial charge is 0.251 e. The summed E-state index contributed by atoms with van der Waals surface area (Å²) in [7, 11) is 0. The van der Waals surface area contributed by atoms with Crippen LogP contribution in [0.2, 0.25) is 0 Å². The van der Waals surface area contributed by atoms with Crippen molar-refractivity contribution in [2.75, 3.05) is 25.0 Å². The number of carbonyl (C=O) groups is 2. The molecule has 2 amide bonds. The van der Waals surface area contributed by atoms with Crippen molar-refractivity contribution < 1.29 is 9.59 Å².